The van der Waals surface area contributed by atoms with Gasteiger partial charge in [-0.1, -0.05) is 261 Å². The van der Waals surface area contributed by atoms with E-state index in [0.717, 1.165) is 33.5 Å². The molecule has 75 heavy (non-hydrogen) atoms. The molecule has 0 N–H and O–H groups in total. The van der Waals surface area contributed by atoms with E-state index < -0.39 is 8.07 Å². The molecule has 2 aromatic heterocycles. The molecular formula is C72H50N2Si. The SMILES string of the molecule is c1ccc(-c2ccc([Si](c3ccccc3)(c3ccccc3)c3cc(-c4ccccc4)c(-n4c5ccccc5c5c(-c6ccc7c(c6)c6ccccc6n7-c6ccccc6)cccc54)c(-c4ccccc4)c3)cc2)cc1. The Morgan fingerprint density at radius 2 is 0.653 bits per heavy atom. The fourth-order valence-electron chi connectivity index (χ4n) is 12.2. The van der Waals surface area contributed by atoms with Gasteiger partial charge < -0.3 is 9.13 Å². The van der Waals surface area contributed by atoms with Crippen molar-refractivity contribution in [2.24, 2.45) is 0 Å². The molecule has 12 aromatic carbocycles. The van der Waals surface area contributed by atoms with Gasteiger partial charge in [0.05, 0.1) is 27.8 Å². The minimum absolute atomic E-state index is 1.16. The summed E-state index contributed by atoms with van der Waals surface area (Å²) < 4.78 is 4.97. The number of benzene rings is 12. The molecule has 0 saturated heterocycles. The third-order valence-corrected chi connectivity index (χ3v) is 20.2. The van der Waals surface area contributed by atoms with Crippen molar-refractivity contribution in [3.8, 4) is 55.9 Å². The minimum atomic E-state index is -3.09. The van der Waals surface area contributed by atoms with E-state index in [0.29, 0.717) is 0 Å². The molecule has 3 heteroatoms. The smallest absolute Gasteiger partial charge is 0.179 e. The van der Waals surface area contributed by atoms with E-state index in [1.54, 1.807) is 0 Å². The zero-order valence-corrected chi connectivity index (χ0v) is 42.3. The Labute approximate surface area is 438 Å². The van der Waals surface area contributed by atoms with Gasteiger partial charge in [0.15, 0.2) is 8.07 Å². The van der Waals surface area contributed by atoms with Crippen molar-refractivity contribution in [1.82, 2.24) is 9.13 Å². The summed E-state index contributed by atoms with van der Waals surface area (Å²) in [6.07, 6.45) is 0. The predicted molar refractivity (Wildman–Crippen MR) is 320 cm³/mol. The summed E-state index contributed by atoms with van der Waals surface area (Å²) in [6, 6.07) is 113. The Balaban J connectivity index is 1.07. The second kappa shape index (κ2) is 18.5. The van der Waals surface area contributed by atoms with E-state index in [1.807, 2.05) is 0 Å². The Morgan fingerprint density at radius 3 is 1.24 bits per heavy atom. The highest BCUT2D eigenvalue weighted by molar-refractivity contribution is 7.20. The highest BCUT2D eigenvalue weighted by Gasteiger charge is 2.42. The molecule has 0 unspecified atom stereocenters. The number of aromatic nitrogens is 2. The number of hydrogen-bond acceptors (Lipinski definition) is 0. The standard InChI is InChI=1S/C72H50N2Si/c1-7-24-51(25-8-1)52-42-45-59(46-43-52)75(57-32-15-5-16-33-57,58-34-17-6-18-35-58)60-49-64(53-26-9-2-10-27-53)72(65(50-60)54-28-11-3-12-29-54)74-68-40-22-20-37-63(68)71-61(38-23-41-70(71)74)55-44-47-69-66(48-55)62-36-19-21-39-67(62)73(69)56-30-13-4-14-31-56/h1-50H. The molecule has 0 aliphatic rings. The third-order valence-electron chi connectivity index (χ3n) is 15.5. The van der Waals surface area contributed by atoms with Crippen LogP contribution < -0.4 is 20.7 Å². The first kappa shape index (κ1) is 44.2. The van der Waals surface area contributed by atoms with E-state index in [9.17, 15) is 0 Å². The van der Waals surface area contributed by atoms with Crippen LogP contribution in [0.5, 0.6) is 0 Å². The van der Waals surface area contributed by atoms with E-state index in [2.05, 4.69) is 312 Å². The maximum Gasteiger partial charge on any atom is 0.179 e. The lowest BCUT2D eigenvalue weighted by Gasteiger charge is -2.36. The van der Waals surface area contributed by atoms with Gasteiger partial charge in [0.2, 0.25) is 0 Å². The number of para-hydroxylation sites is 3. The molecular weight excluding hydrogens is 921 g/mol. The topological polar surface area (TPSA) is 9.86 Å². The van der Waals surface area contributed by atoms with Crippen LogP contribution in [0.3, 0.4) is 0 Å². The molecule has 14 rings (SSSR count). The zero-order chi connectivity index (χ0) is 49.7. The average molecular weight is 971 g/mol. The van der Waals surface area contributed by atoms with Crippen LogP contribution in [-0.2, 0) is 0 Å². The molecule has 0 aliphatic heterocycles. The zero-order valence-electron chi connectivity index (χ0n) is 41.3. The summed E-state index contributed by atoms with van der Waals surface area (Å²) in [5.41, 5.74) is 16.5. The van der Waals surface area contributed by atoms with Crippen LogP contribution in [0.1, 0.15) is 0 Å². The van der Waals surface area contributed by atoms with Gasteiger partial charge in [-0.3, -0.25) is 0 Å². The summed E-state index contributed by atoms with van der Waals surface area (Å²) in [6.45, 7) is 0. The van der Waals surface area contributed by atoms with Crippen LogP contribution >= 0.6 is 0 Å². The monoisotopic (exact) mass is 970 g/mol. The lowest BCUT2D eigenvalue weighted by molar-refractivity contribution is 1.18. The molecule has 0 spiro atoms. The number of fused-ring (bicyclic) bond motifs is 6. The van der Waals surface area contributed by atoms with Crippen LogP contribution in [0, 0.1) is 0 Å². The first-order valence-corrected chi connectivity index (χ1v) is 27.9. The van der Waals surface area contributed by atoms with Crippen LogP contribution in [-0.4, -0.2) is 17.2 Å². The van der Waals surface area contributed by atoms with Gasteiger partial charge in [0, 0.05) is 38.4 Å². The van der Waals surface area contributed by atoms with Crippen molar-refractivity contribution in [3.63, 3.8) is 0 Å². The van der Waals surface area contributed by atoms with Gasteiger partial charge in [-0.2, -0.15) is 0 Å². The Kier molecular flexibility index (Phi) is 10.9. The Morgan fingerprint density at radius 1 is 0.227 bits per heavy atom. The van der Waals surface area contributed by atoms with Crippen molar-refractivity contribution >= 4 is 72.4 Å². The molecule has 2 nitrogen and oxygen atoms in total. The lowest BCUT2D eigenvalue weighted by atomic mass is 9.95. The van der Waals surface area contributed by atoms with Crippen molar-refractivity contribution in [1.29, 1.82) is 0 Å². The fraction of sp³-hybridized carbons (Fsp3) is 0. The first-order chi connectivity index (χ1) is 37.2. The van der Waals surface area contributed by atoms with E-state index in [1.165, 1.54) is 86.7 Å². The van der Waals surface area contributed by atoms with E-state index >= 15 is 0 Å². The lowest BCUT2D eigenvalue weighted by Crippen LogP contribution is -2.74. The molecule has 0 aliphatic carbocycles. The van der Waals surface area contributed by atoms with Crippen LogP contribution in [0.25, 0.3) is 99.5 Å². The first-order valence-electron chi connectivity index (χ1n) is 25.9. The summed E-state index contributed by atoms with van der Waals surface area (Å²) in [5.74, 6) is 0. The van der Waals surface area contributed by atoms with Crippen molar-refractivity contribution < 1.29 is 0 Å². The number of nitrogens with zero attached hydrogens (tertiary/aromatic N) is 2. The summed E-state index contributed by atoms with van der Waals surface area (Å²) in [5, 5.41) is 10.2. The van der Waals surface area contributed by atoms with Crippen molar-refractivity contribution in [3.05, 3.63) is 303 Å². The molecule has 2 heterocycles. The average Bonchev–Trinajstić information content (AvgIpc) is 4.04. The van der Waals surface area contributed by atoms with Crippen LogP contribution in [0.4, 0.5) is 0 Å². The van der Waals surface area contributed by atoms with Gasteiger partial charge in [-0.25, -0.2) is 0 Å². The maximum absolute atomic E-state index is 3.09. The van der Waals surface area contributed by atoms with Crippen molar-refractivity contribution in [2.75, 3.05) is 0 Å². The van der Waals surface area contributed by atoms with E-state index in [-0.39, 0.29) is 0 Å². The number of rotatable bonds is 10. The molecule has 0 bridgehead atoms. The molecule has 14 aromatic rings. The number of hydrogen-bond donors (Lipinski definition) is 0. The Hall–Kier alpha value is -9.54. The molecule has 0 fully saturated rings. The van der Waals surface area contributed by atoms with Gasteiger partial charge in [-0.05, 0) is 96.6 Å². The van der Waals surface area contributed by atoms with Gasteiger partial charge in [-0.15, -0.1) is 0 Å². The van der Waals surface area contributed by atoms with Crippen LogP contribution in [0.2, 0.25) is 0 Å². The van der Waals surface area contributed by atoms with Gasteiger partial charge >= 0.3 is 0 Å². The Bertz CT molecular complexity index is 4250. The third kappa shape index (κ3) is 7.31. The second-order valence-corrected chi connectivity index (χ2v) is 23.4. The minimum Gasteiger partial charge on any atom is -0.309 e. The summed E-state index contributed by atoms with van der Waals surface area (Å²) >= 11 is 0. The summed E-state index contributed by atoms with van der Waals surface area (Å²) in [7, 11) is -3.09. The summed E-state index contributed by atoms with van der Waals surface area (Å²) in [4.78, 5) is 0. The molecule has 0 saturated carbocycles. The van der Waals surface area contributed by atoms with Gasteiger partial charge in [0.25, 0.3) is 0 Å². The van der Waals surface area contributed by atoms with Gasteiger partial charge in [0.1, 0.15) is 0 Å². The molecule has 0 atom stereocenters. The molecule has 352 valence electrons. The largest absolute Gasteiger partial charge is 0.309 e. The normalized spacial score (nSPS) is 11.7. The van der Waals surface area contributed by atoms with Crippen molar-refractivity contribution in [2.45, 2.75) is 0 Å². The highest BCUT2D eigenvalue weighted by atomic mass is 28.3. The second-order valence-electron chi connectivity index (χ2n) is 19.5. The maximum atomic E-state index is 2.57. The quantitative estimate of drug-likeness (QED) is 0.0955. The van der Waals surface area contributed by atoms with Crippen LogP contribution in [0.15, 0.2) is 303 Å². The predicted octanol–water partition coefficient (Wildman–Crippen LogP) is 15.9. The van der Waals surface area contributed by atoms with E-state index in [4.69, 9.17) is 0 Å². The highest BCUT2D eigenvalue weighted by Crippen LogP contribution is 2.45. The fourth-order valence-corrected chi connectivity index (χ4v) is 17.0. The molecule has 0 amide bonds. The molecule has 0 radical (unpaired) electrons.